The number of pyridine rings is 1. The van der Waals surface area contributed by atoms with Crippen molar-refractivity contribution in [3.63, 3.8) is 0 Å². The lowest BCUT2D eigenvalue weighted by molar-refractivity contribution is -0.123. The summed E-state index contributed by atoms with van der Waals surface area (Å²) in [6.07, 6.45) is 10.9. The van der Waals surface area contributed by atoms with Crippen LogP contribution in [0.15, 0.2) is 54.9 Å². The molecule has 0 radical (unpaired) electrons. The lowest BCUT2D eigenvalue weighted by Crippen LogP contribution is -2.42. The van der Waals surface area contributed by atoms with Crippen molar-refractivity contribution < 1.29 is 9.59 Å². The molecule has 1 aliphatic heterocycles. The molecule has 3 aliphatic rings. The van der Waals surface area contributed by atoms with Gasteiger partial charge in [-0.1, -0.05) is 43.2 Å². The number of rotatable bonds is 5. The minimum atomic E-state index is 0.0515. The monoisotopic (exact) mass is 417 g/mol. The maximum absolute atomic E-state index is 13.0. The summed E-state index contributed by atoms with van der Waals surface area (Å²) in [4.78, 5) is 31.7. The van der Waals surface area contributed by atoms with Crippen LogP contribution in [-0.4, -0.2) is 41.3 Å². The SMILES string of the molecule is O=C(NCC1(c2ccccc2)CCCC1)C1CC12CCN(C(=O)c1cccnc1)CC2. The zero-order valence-electron chi connectivity index (χ0n) is 18.1. The Bertz CT molecular complexity index is 930. The minimum absolute atomic E-state index is 0.0515. The molecule has 1 atom stereocenters. The van der Waals surface area contributed by atoms with Gasteiger partial charge in [0.05, 0.1) is 5.56 Å². The van der Waals surface area contributed by atoms with Crippen LogP contribution in [0.2, 0.25) is 0 Å². The minimum Gasteiger partial charge on any atom is -0.355 e. The normalized spacial score (nSPS) is 23.5. The Kier molecular flexibility index (Phi) is 5.28. The van der Waals surface area contributed by atoms with E-state index in [-0.39, 0.29) is 28.6 Å². The van der Waals surface area contributed by atoms with E-state index in [0.717, 1.165) is 51.7 Å². The van der Waals surface area contributed by atoms with Crippen LogP contribution in [0.1, 0.15) is 60.9 Å². The van der Waals surface area contributed by atoms with Crippen LogP contribution in [0.3, 0.4) is 0 Å². The third kappa shape index (κ3) is 3.86. The largest absolute Gasteiger partial charge is 0.355 e. The first-order chi connectivity index (χ1) is 15.1. The summed E-state index contributed by atoms with van der Waals surface area (Å²) in [5.41, 5.74) is 2.20. The number of nitrogens with zero attached hydrogens (tertiary/aromatic N) is 2. The van der Waals surface area contributed by atoms with Gasteiger partial charge in [0.15, 0.2) is 0 Å². The molecule has 1 N–H and O–H groups in total. The number of aromatic nitrogens is 1. The third-order valence-corrected chi connectivity index (χ3v) is 8.01. The maximum Gasteiger partial charge on any atom is 0.255 e. The van der Waals surface area contributed by atoms with E-state index >= 15 is 0 Å². The van der Waals surface area contributed by atoms with Gasteiger partial charge in [-0.3, -0.25) is 14.6 Å². The van der Waals surface area contributed by atoms with Crippen LogP contribution in [0.4, 0.5) is 0 Å². The molecular weight excluding hydrogens is 386 g/mol. The van der Waals surface area contributed by atoms with Crippen LogP contribution in [0.25, 0.3) is 0 Å². The fourth-order valence-electron chi connectivity index (χ4n) is 5.89. The Morgan fingerprint density at radius 2 is 1.74 bits per heavy atom. The van der Waals surface area contributed by atoms with Gasteiger partial charge < -0.3 is 10.2 Å². The first kappa shape index (κ1) is 20.2. The summed E-state index contributed by atoms with van der Waals surface area (Å²) < 4.78 is 0. The summed E-state index contributed by atoms with van der Waals surface area (Å²) in [5.74, 6) is 0.377. The average Bonchev–Trinajstić information content (AvgIpc) is 3.30. The highest BCUT2D eigenvalue weighted by atomic mass is 16.2. The second-order valence-electron chi connectivity index (χ2n) is 9.72. The van der Waals surface area contributed by atoms with Crippen molar-refractivity contribution in [3.8, 4) is 0 Å². The van der Waals surface area contributed by atoms with Gasteiger partial charge in [-0.25, -0.2) is 0 Å². The maximum atomic E-state index is 13.0. The van der Waals surface area contributed by atoms with Gasteiger partial charge >= 0.3 is 0 Å². The molecule has 1 unspecified atom stereocenters. The van der Waals surface area contributed by atoms with Gasteiger partial charge in [0, 0.05) is 43.4 Å². The van der Waals surface area contributed by atoms with Crippen LogP contribution in [0, 0.1) is 11.3 Å². The number of carbonyl (C=O) groups excluding carboxylic acids is 2. The van der Waals surface area contributed by atoms with Crippen molar-refractivity contribution in [1.29, 1.82) is 0 Å². The topological polar surface area (TPSA) is 62.3 Å². The molecule has 1 spiro atoms. The number of likely N-dealkylation sites (tertiary alicyclic amines) is 1. The highest BCUT2D eigenvalue weighted by molar-refractivity contribution is 5.94. The Labute approximate surface area is 184 Å². The number of piperidine rings is 1. The van der Waals surface area contributed by atoms with E-state index in [2.05, 4.69) is 40.6 Å². The average molecular weight is 418 g/mol. The smallest absolute Gasteiger partial charge is 0.255 e. The number of benzene rings is 1. The van der Waals surface area contributed by atoms with Gasteiger partial charge in [-0.2, -0.15) is 0 Å². The van der Waals surface area contributed by atoms with Crippen molar-refractivity contribution in [2.75, 3.05) is 19.6 Å². The predicted molar refractivity (Wildman–Crippen MR) is 120 cm³/mol. The first-order valence-electron chi connectivity index (χ1n) is 11.6. The van der Waals surface area contributed by atoms with Gasteiger partial charge in [0.2, 0.25) is 5.91 Å². The van der Waals surface area contributed by atoms with E-state index in [1.165, 1.54) is 18.4 Å². The Balaban J connectivity index is 1.16. The molecule has 5 heteroatoms. The molecule has 2 heterocycles. The second kappa shape index (κ2) is 8.10. The van der Waals surface area contributed by atoms with E-state index < -0.39 is 0 Å². The van der Waals surface area contributed by atoms with E-state index in [9.17, 15) is 9.59 Å². The molecule has 162 valence electrons. The number of carbonyl (C=O) groups is 2. The summed E-state index contributed by atoms with van der Waals surface area (Å²) >= 11 is 0. The summed E-state index contributed by atoms with van der Waals surface area (Å²) in [5, 5.41) is 3.33. The number of amides is 2. The molecule has 2 amide bonds. The summed E-state index contributed by atoms with van der Waals surface area (Å²) in [6.45, 7) is 2.20. The van der Waals surface area contributed by atoms with Crippen LogP contribution in [0.5, 0.6) is 0 Å². The molecule has 3 fully saturated rings. The zero-order valence-corrected chi connectivity index (χ0v) is 18.1. The van der Waals surface area contributed by atoms with Crippen LogP contribution >= 0.6 is 0 Å². The summed E-state index contributed by atoms with van der Waals surface area (Å²) in [7, 11) is 0. The van der Waals surface area contributed by atoms with E-state index in [0.29, 0.717) is 5.56 Å². The standard InChI is InChI=1S/C26H31N3O2/c30-23(28-19-26(10-4-5-11-26)21-8-2-1-3-9-21)22-17-25(22)12-15-29(16-13-25)24(31)20-7-6-14-27-18-20/h1-3,6-9,14,18,22H,4-5,10-13,15-17,19H2,(H,28,30). The van der Waals surface area contributed by atoms with Gasteiger partial charge in [0.1, 0.15) is 0 Å². The fraction of sp³-hybridized carbons (Fsp3) is 0.500. The second-order valence-corrected chi connectivity index (χ2v) is 9.72. The molecule has 1 aromatic heterocycles. The fourth-order valence-corrected chi connectivity index (χ4v) is 5.89. The number of hydrogen-bond acceptors (Lipinski definition) is 3. The van der Waals surface area contributed by atoms with Gasteiger partial charge in [0.25, 0.3) is 5.91 Å². The quantitative estimate of drug-likeness (QED) is 0.801. The van der Waals surface area contributed by atoms with E-state index in [1.807, 2.05) is 11.0 Å². The lowest BCUT2D eigenvalue weighted by atomic mass is 9.78. The zero-order chi connectivity index (χ0) is 21.3. The molecule has 1 saturated heterocycles. The van der Waals surface area contributed by atoms with Crippen LogP contribution in [-0.2, 0) is 10.2 Å². The molecule has 0 bridgehead atoms. The van der Waals surface area contributed by atoms with E-state index in [1.54, 1.807) is 18.5 Å². The molecule has 5 nitrogen and oxygen atoms in total. The Hall–Kier alpha value is -2.69. The number of hydrogen-bond donors (Lipinski definition) is 1. The highest BCUT2D eigenvalue weighted by Crippen LogP contribution is 2.59. The lowest BCUT2D eigenvalue weighted by Gasteiger charge is -2.33. The third-order valence-electron chi connectivity index (χ3n) is 8.01. The van der Waals surface area contributed by atoms with Gasteiger partial charge in [-0.15, -0.1) is 0 Å². The van der Waals surface area contributed by atoms with Crippen LogP contribution < -0.4 is 5.32 Å². The van der Waals surface area contributed by atoms with Crippen molar-refractivity contribution in [2.24, 2.45) is 11.3 Å². The molecule has 2 saturated carbocycles. The highest BCUT2D eigenvalue weighted by Gasteiger charge is 2.58. The molecule has 5 rings (SSSR count). The van der Waals surface area contributed by atoms with Gasteiger partial charge in [-0.05, 0) is 55.2 Å². The van der Waals surface area contributed by atoms with Crippen molar-refractivity contribution in [2.45, 2.75) is 50.4 Å². The number of nitrogens with one attached hydrogen (secondary N) is 1. The Morgan fingerprint density at radius 3 is 2.42 bits per heavy atom. The molecular formula is C26H31N3O2. The molecule has 1 aromatic carbocycles. The summed E-state index contributed by atoms with van der Waals surface area (Å²) in [6, 6.07) is 14.3. The van der Waals surface area contributed by atoms with Crippen molar-refractivity contribution in [1.82, 2.24) is 15.2 Å². The molecule has 31 heavy (non-hydrogen) atoms. The van der Waals surface area contributed by atoms with Crippen molar-refractivity contribution in [3.05, 3.63) is 66.0 Å². The predicted octanol–water partition coefficient (Wildman–Crippen LogP) is 3.95. The van der Waals surface area contributed by atoms with E-state index in [4.69, 9.17) is 0 Å². The molecule has 2 aromatic rings. The molecule has 2 aliphatic carbocycles. The van der Waals surface area contributed by atoms with Crippen molar-refractivity contribution >= 4 is 11.8 Å². The Morgan fingerprint density at radius 1 is 1.00 bits per heavy atom. The first-order valence-corrected chi connectivity index (χ1v) is 11.6.